The fourth-order valence-corrected chi connectivity index (χ4v) is 2.10. The van der Waals surface area contributed by atoms with Gasteiger partial charge in [-0.3, -0.25) is 0 Å². The van der Waals surface area contributed by atoms with Gasteiger partial charge >= 0.3 is 5.97 Å². The van der Waals surface area contributed by atoms with E-state index in [0.717, 1.165) is 17.2 Å². The van der Waals surface area contributed by atoms with Crippen LogP contribution in [0, 0.1) is 0 Å². The summed E-state index contributed by atoms with van der Waals surface area (Å²) in [5, 5.41) is 22.2. The van der Waals surface area contributed by atoms with E-state index < -0.39 is 11.5 Å². The van der Waals surface area contributed by atoms with E-state index in [4.69, 9.17) is 0 Å². The number of carboxylic acid groups (broad SMARTS) is 1. The van der Waals surface area contributed by atoms with Crippen LogP contribution in [-0.4, -0.2) is 26.8 Å². The van der Waals surface area contributed by atoms with E-state index >= 15 is 0 Å². The van der Waals surface area contributed by atoms with Gasteiger partial charge in [-0.05, 0) is 13.3 Å². The minimum atomic E-state index is -1.03. The molecule has 19 heavy (non-hydrogen) atoms. The molecule has 0 radical (unpaired) electrons. The maximum atomic E-state index is 11.4. The molecule has 5 nitrogen and oxygen atoms in total. The van der Waals surface area contributed by atoms with Gasteiger partial charge in [0.05, 0.1) is 6.20 Å². The van der Waals surface area contributed by atoms with Crippen molar-refractivity contribution in [3.63, 3.8) is 0 Å². The zero-order valence-electron chi connectivity index (χ0n) is 11.1. The highest BCUT2D eigenvalue weighted by molar-refractivity contribution is 5.93. The molecule has 1 aromatic heterocycles. The first-order chi connectivity index (χ1) is 9.07. The van der Waals surface area contributed by atoms with E-state index in [9.17, 15) is 9.90 Å². The van der Waals surface area contributed by atoms with Crippen molar-refractivity contribution in [2.45, 2.75) is 32.2 Å². The van der Waals surface area contributed by atoms with Crippen LogP contribution in [0.25, 0.3) is 10.8 Å². The molecular formula is C14H17N3O2. The van der Waals surface area contributed by atoms with Crippen molar-refractivity contribution in [2.75, 3.05) is 5.32 Å². The fraction of sp³-hybridized carbons (Fsp3) is 0.357. The highest BCUT2D eigenvalue weighted by atomic mass is 16.4. The van der Waals surface area contributed by atoms with Crippen LogP contribution < -0.4 is 5.32 Å². The van der Waals surface area contributed by atoms with E-state index in [1.807, 2.05) is 31.2 Å². The summed E-state index contributed by atoms with van der Waals surface area (Å²) in [5.74, 6) is -0.375. The van der Waals surface area contributed by atoms with Crippen LogP contribution in [0.3, 0.4) is 0 Å². The molecule has 2 rings (SSSR count). The minimum Gasteiger partial charge on any atom is -0.480 e. The van der Waals surface area contributed by atoms with Gasteiger partial charge in [-0.1, -0.05) is 37.6 Å². The third-order valence-electron chi connectivity index (χ3n) is 3.19. The van der Waals surface area contributed by atoms with Crippen LogP contribution >= 0.6 is 0 Å². The van der Waals surface area contributed by atoms with E-state index in [1.54, 1.807) is 13.1 Å². The van der Waals surface area contributed by atoms with Gasteiger partial charge in [-0.15, -0.1) is 5.10 Å². The van der Waals surface area contributed by atoms with Crippen LogP contribution in [0.5, 0.6) is 0 Å². The van der Waals surface area contributed by atoms with E-state index in [2.05, 4.69) is 15.5 Å². The summed E-state index contributed by atoms with van der Waals surface area (Å²) >= 11 is 0. The third kappa shape index (κ3) is 2.65. The molecule has 1 heterocycles. The molecule has 0 bridgehead atoms. The number of nitrogens with zero attached hydrogens (tertiary/aromatic N) is 2. The molecule has 100 valence electrons. The molecule has 0 amide bonds. The van der Waals surface area contributed by atoms with Gasteiger partial charge in [-0.25, -0.2) is 4.79 Å². The van der Waals surface area contributed by atoms with Gasteiger partial charge in [0.1, 0.15) is 5.54 Å². The summed E-state index contributed by atoms with van der Waals surface area (Å²) < 4.78 is 0. The predicted octanol–water partition coefficient (Wildman–Crippen LogP) is 2.69. The van der Waals surface area contributed by atoms with Crippen LogP contribution in [0.4, 0.5) is 5.82 Å². The van der Waals surface area contributed by atoms with Gasteiger partial charge in [-0.2, -0.15) is 5.10 Å². The largest absolute Gasteiger partial charge is 0.480 e. The number of carbonyl (C=O) groups is 1. The summed E-state index contributed by atoms with van der Waals surface area (Å²) in [6, 6.07) is 7.64. The Labute approximate surface area is 111 Å². The van der Waals surface area contributed by atoms with Crippen molar-refractivity contribution < 1.29 is 9.90 Å². The summed E-state index contributed by atoms with van der Waals surface area (Å²) in [4.78, 5) is 11.4. The number of anilines is 1. The highest BCUT2D eigenvalue weighted by Gasteiger charge is 2.32. The summed E-state index contributed by atoms with van der Waals surface area (Å²) in [6.45, 7) is 3.62. The normalized spacial score (nSPS) is 14.0. The van der Waals surface area contributed by atoms with Crippen LogP contribution in [0.15, 0.2) is 30.5 Å². The summed E-state index contributed by atoms with van der Waals surface area (Å²) in [7, 11) is 0. The van der Waals surface area contributed by atoms with Crippen molar-refractivity contribution in [1.82, 2.24) is 10.2 Å². The zero-order chi connectivity index (χ0) is 13.9. The first-order valence-electron chi connectivity index (χ1n) is 6.29. The number of benzene rings is 1. The smallest absolute Gasteiger partial charge is 0.329 e. The number of rotatable bonds is 5. The maximum absolute atomic E-state index is 11.4. The van der Waals surface area contributed by atoms with E-state index in [1.165, 1.54) is 0 Å². The number of aliphatic carboxylic acids is 1. The number of hydrogen-bond acceptors (Lipinski definition) is 4. The Kier molecular flexibility index (Phi) is 3.64. The average molecular weight is 259 g/mol. The molecule has 0 spiro atoms. The Bertz CT molecular complexity index is 595. The van der Waals surface area contributed by atoms with Crippen LogP contribution in [0.2, 0.25) is 0 Å². The Balaban J connectivity index is 2.42. The third-order valence-corrected chi connectivity index (χ3v) is 3.19. The molecule has 0 saturated carbocycles. The SMILES string of the molecule is CCCC(C)(Nc1nncc2ccccc12)C(=O)O. The quantitative estimate of drug-likeness (QED) is 0.863. The minimum absolute atomic E-state index is 0.511. The molecule has 2 aromatic rings. The highest BCUT2D eigenvalue weighted by Crippen LogP contribution is 2.25. The molecule has 0 saturated heterocycles. The predicted molar refractivity (Wildman–Crippen MR) is 74.1 cm³/mol. The van der Waals surface area contributed by atoms with Crippen molar-refractivity contribution in [3.8, 4) is 0 Å². The lowest BCUT2D eigenvalue weighted by molar-refractivity contribution is -0.142. The first kappa shape index (κ1) is 13.3. The molecule has 0 aliphatic heterocycles. The fourth-order valence-electron chi connectivity index (χ4n) is 2.10. The Morgan fingerprint density at radius 3 is 2.84 bits per heavy atom. The Morgan fingerprint density at radius 1 is 1.42 bits per heavy atom. The van der Waals surface area contributed by atoms with Crippen molar-refractivity contribution in [2.24, 2.45) is 0 Å². The van der Waals surface area contributed by atoms with E-state index in [0.29, 0.717) is 12.2 Å². The first-order valence-corrected chi connectivity index (χ1v) is 6.29. The van der Waals surface area contributed by atoms with Crippen LogP contribution in [-0.2, 0) is 4.79 Å². The summed E-state index contributed by atoms with van der Waals surface area (Å²) in [5.41, 5.74) is -1.03. The van der Waals surface area contributed by atoms with Gasteiger partial charge in [0.15, 0.2) is 5.82 Å². The number of aromatic nitrogens is 2. The number of hydrogen-bond donors (Lipinski definition) is 2. The van der Waals surface area contributed by atoms with Gasteiger partial charge in [0, 0.05) is 10.8 Å². The van der Waals surface area contributed by atoms with Crippen molar-refractivity contribution >= 4 is 22.6 Å². The molecule has 1 atom stereocenters. The lowest BCUT2D eigenvalue weighted by Crippen LogP contribution is -2.43. The second kappa shape index (κ2) is 5.22. The monoisotopic (exact) mass is 259 g/mol. The molecule has 0 aliphatic rings. The van der Waals surface area contributed by atoms with Crippen molar-refractivity contribution in [1.29, 1.82) is 0 Å². The van der Waals surface area contributed by atoms with Crippen molar-refractivity contribution in [3.05, 3.63) is 30.5 Å². The summed E-state index contributed by atoms with van der Waals surface area (Å²) in [6.07, 6.45) is 2.96. The van der Waals surface area contributed by atoms with Gasteiger partial charge < -0.3 is 10.4 Å². The number of carboxylic acids is 1. The standard InChI is InChI=1S/C14H17N3O2/c1-3-8-14(2,13(18)19)16-12-11-7-5-4-6-10(11)9-15-17-12/h4-7,9H,3,8H2,1-2H3,(H,16,17)(H,18,19). The molecule has 5 heteroatoms. The lowest BCUT2D eigenvalue weighted by atomic mass is 9.96. The molecule has 0 aliphatic carbocycles. The lowest BCUT2D eigenvalue weighted by Gasteiger charge is -2.26. The molecule has 0 fully saturated rings. The second-order valence-corrected chi connectivity index (χ2v) is 4.79. The molecule has 1 aromatic carbocycles. The maximum Gasteiger partial charge on any atom is 0.329 e. The van der Waals surface area contributed by atoms with Gasteiger partial charge in [0.25, 0.3) is 0 Å². The Morgan fingerprint density at radius 2 is 2.16 bits per heavy atom. The second-order valence-electron chi connectivity index (χ2n) is 4.79. The number of nitrogens with one attached hydrogen (secondary N) is 1. The number of fused-ring (bicyclic) bond motifs is 1. The van der Waals surface area contributed by atoms with Gasteiger partial charge in [0.2, 0.25) is 0 Å². The van der Waals surface area contributed by atoms with Crippen LogP contribution in [0.1, 0.15) is 26.7 Å². The molecule has 1 unspecified atom stereocenters. The molecular weight excluding hydrogens is 242 g/mol. The zero-order valence-corrected chi connectivity index (χ0v) is 11.1. The Hall–Kier alpha value is -2.17. The average Bonchev–Trinajstić information content (AvgIpc) is 2.39. The van der Waals surface area contributed by atoms with E-state index in [-0.39, 0.29) is 0 Å². The topological polar surface area (TPSA) is 75.1 Å². The molecule has 2 N–H and O–H groups in total.